The number of thiazole rings is 1. The maximum absolute atomic E-state index is 4.00. The van der Waals surface area contributed by atoms with Crippen LogP contribution in [0.4, 0.5) is 0 Å². The van der Waals surface area contributed by atoms with Gasteiger partial charge in [-0.25, -0.2) is 0 Å². The molecule has 10 heavy (non-hydrogen) atoms. The molecule has 0 amide bonds. The minimum absolute atomic E-state index is 1.25. The lowest BCUT2D eigenvalue weighted by Crippen LogP contribution is -1.59. The van der Waals surface area contributed by atoms with E-state index in [2.05, 4.69) is 21.8 Å². The summed E-state index contributed by atoms with van der Waals surface area (Å²) in [6.07, 6.45) is 1.90. The average Bonchev–Trinajstić information content (AvgIpc) is 2.59. The van der Waals surface area contributed by atoms with E-state index >= 15 is 0 Å². The molecule has 0 aliphatic carbocycles. The van der Waals surface area contributed by atoms with Crippen molar-refractivity contribution in [1.29, 1.82) is 0 Å². The zero-order valence-electron chi connectivity index (χ0n) is 5.15. The third kappa shape index (κ3) is 0.978. The van der Waals surface area contributed by atoms with Crippen molar-refractivity contribution in [2.24, 2.45) is 0 Å². The summed E-state index contributed by atoms with van der Waals surface area (Å²) in [6, 6.07) is 2.11. The number of thiophene rings is 1. The van der Waals surface area contributed by atoms with E-state index in [1.807, 2.05) is 11.7 Å². The van der Waals surface area contributed by atoms with Crippen LogP contribution in [-0.2, 0) is 0 Å². The minimum Gasteiger partial charge on any atom is -0.252 e. The fourth-order valence-electron chi connectivity index (χ4n) is 0.763. The van der Waals surface area contributed by atoms with Crippen molar-refractivity contribution < 1.29 is 0 Å². The van der Waals surface area contributed by atoms with Crippen LogP contribution in [0.2, 0.25) is 0 Å². The van der Waals surface area contributed by atoms with Crippen molar-refractivity contribution in [1.82, 2.24) is 4.98 Å². The Kier molecular flexibility index (Phi) is 1.53. The molecule has 0 aromatic carbocycles. The quantitative estimate of drug-likeness (QED) is 0.636. The van der Waals surface area contributed by atoms with Crippen molar-refractivity contribution in [3.05, 3.63) is 28.5 Å². The van der Waals surface area contributed by atoms with E-state index in [4.69, 9.17) is 0 Å². The van der Waals surface area contributed by atoms with Gasteiger partial charge in [-0.05, 0) is 16.8 Å². The summed E-state index contributed by atoms with van der Waals surface area (Å²) >= 11 is 3.39. The lowest BCUT2D eigenvalue weighted by atomic mass is 10.3. The predicted molar refractivity (Wildman–Crippen MR) is 45.4 cm³/mol. The molecule has 0 saturated heterocycles. The van der Waals surface area contributed by atoms with Crippen LogP contribution in [0.3, 0.4) is 0 Å². The monoisotopic (exact) mass is 167 g/mol. The SMILES string of the molecule is c1cc(-c2cncs2)cs1. The number of hydrogen-bond acceptors (Lipinski definition) is 3. The zero-order chi connectivity index (χ0) is 6.81. The number of aromatic nitrogens is 1. The van der Waals surface area contributed by atoms with Gasteiger partial charge in [-0.15, -0.1) is 11.3 Å². The summed E-state index contributed by atoms with van der Waals surface area (Å²) in [4.78, 5) is 5.25. The van der Waals surface area contributed by atoms with E-state index in [0.29, 0.717) is 0 Å². The standard InChI is InChI=1S/C7H5NS2/c1-2-9-4-6(1)7-3-8-5-10-7/h1-5H. The molecule has 0 unspecified atom stereocenters. The topological polar surface area (TPSA) is 12.9 Å². The summed E-state index contributed by atoms with van der Waals surface area (Å²) in [5, 5.41) is 4.21. The van der Waals surface area contributed by atoms with Crippen LogP contribution < -0.4 is 0 Å². The lowest BCUT2D eigenvalue weighted by Gasteiger charge is -1.83. The third-order valence-electron chi connectivity index (χ3n) is 1.24. The highest BCUT2D eigenvalue weighted by molar-refractivity contribution is 7.14. The Balaban J connectivity index is 2.48. The van der Waals surface area contributed by atoms with Gasteiger partial charge in [-0.1, -0.05) is 0 Å². The van der Waals surface area contributed by atoms with E-state index in [9.17, 15) is 0 Å². The molecule has 2 heterocycles. The van der Waals surface area contributed by atoms with Gasteiger partial charge in [-0.3, -0.25) is 4.98 Å². The van der Waals surface area contributed by atoms with Crippen LogP contribution in [0.25, 0.3) is 10.4 Å². The summed E-state index contributed by atoms with van der Waals surface area (Å²) < 4.78 is 0. The highest BCUT2D eigenvalue weighted by Crippen LogP contribution is 2.24. The second-order valence-electron chi connectivity index (χ2n) is 1.88. The fourth-order valence-corrected chi connectivity index (χ4v) is 2.11. The van der Waals surface area contributed by atoms with E-state index in [-0.39, 0.29) is 0 Å². The van der Waals surface area contributed by atoms with Gasteiger partial charge in [0.25, 0.3) is 0 Å². The van der Waals surface area contributed by atoms with Crippen molar-refractivity contribution in [3.63, 3.8) is 0 Å². The normalized spacial score (nSPS) is 10.0. The van der Waals surface area contributed by atoms with Crippen molar-refractivity contribution >= 4 is 22.7 Å². The summed E-state index contributed by atoms with van der Waals surface area (Å²) in [5.41, 5.74) is 3.14. The molecule has 0 atom stereocenters. The van der Waals surface area contributed by atoms with Gasteiger partial charge in [0.15, 0.2) is 0 Å². The van der Waals surface area contributed by atoms with Crippen molar-refractivity contribution in [2.45, 2.75) is 0 Å². The highest BCUT2D eigenvalue weighted by Gasteiger charge is 1.96. The Morgan fingerprint density at radius 2 is 2.40 bits per heavy atom. The van der Waals surface area contributed by atoms with E-state index in [1.54, 1.807) is 22.7 Å². The second kappa shape index (κ2) is 2.52. The number of nitrogens with zero attached hydrogens (tertiary/aromatic N) is 1. The Labute approximate surface area is 67.0 Å². The fraction of sp³-hybridized carbons (Fsp3) is 0. The van der Waals surface area contributed by atoms with Crippen LogP contribution in [0.15, 0.2) is 28.5 Å². The van der Waals surface area contributed by atoms with E-state index in [1.165, 1.54) is 10.4 Å². The molecule has 0 saturated carbocycles. The molecule has 3 heteroatoms. The summed E-state index contributed by atoms with van der Waals surface area (Å²) in [6.45, 7) is 0. The first-order valence-corrected chi connectivity index (χ1v) is 4.70. The van der Waals surface area contributed by atoms with Crippen LogP contribution in [-0.4, -0.2) is 4.98 Å². The third-order valence-corrected chi connectivity index (χ3v) is 2.74. The maximum Gasteiger partial charge on any atom is 0.0797 e. The van der Waals surface area contributed by atoms with Crippen molar-refractivity contribution in [2.75, 3.05) is 0 Å². The van der Waals surface area contributed by atoms with Crippen LogP contribution in [0.5, 0.6) is 0 Å². The number of rotatable bonds is 1. The Bertz CT molecular complexity index is 251. The molecule has 50 valence electrons. The molecule has 0 aliphatic rings. The van der Waals surface area contributed by atoms with Gasteiger partial charge in [-0.2, -0.15) is 11.3 Å². The smallest absolute Gasteiger partial charge is 0.0797 e. The summed E-state index contributed by atoms with van der Waals surface area (Å²) in [5.74, 6) is 0. The van der Waals surface area contributed by atoms with E-state index in [0.717, 1.165) is 0 Å². The van der Waals surface area contributed by atoms with Crippen LogP contribution in [0, 0.1) is 0 Å². The first kappa shape index (κ1) is 6.07. The largest absolute Gasteiger partial charge is 0.252 e. The molecule has 2 aromatic heterocycles. The second-order valence-corrected chi connectivity index (χ2v) is 3.54. The molecule has 0 spiro atoms. The van der Waals surface area contributed by atoms with Gasteiger partial charge >= 0.3 is 0 Å². The molecule has 1 nitrogen and oxygen atoms in total. The lowest BCUT2D eigenvalue weighted by molar-refractivity contribution is 1.43. The maximum atomic E-state index is 4.00. The van der Waals surface area contributed by atoms with Gasteiger partial charge in [0, 0.05) is 11.8 Å². The Morgan fingerprint density at radius 1 is 1.40 bits per heavy atom. The van der Waals surface area contributed by atoms with Gasteiger partial charge in [0.05, 0.1) is 10.4 Å². The Morgan fingerprint density at radius 3 is 3.00 bits per heavy atom. The van der Waals surface area contributed by atoms with Gasteiger partial charge in [0.2, 0.25) is 0 Å². The molecule has 0 N–H and O–H groups in total. The molecule has 0 radical (unpaired) electrons. The molecule has 0 aliphatic heterocycles. The minimum atomic E-state index is 1.25. The van der Waals surface area contributed by atoms with Gasteiger partial charge < -0.3 is 0 Å². The summed E-state index contributed by atoms with van der Waals surface area (Å²) in [7, 11) is 0. The Hall–Kier alpha value is -0.670. The highest BCUT2D eigenvalue weighted by atomic mass is 32.1. The van der Waals surface area contributed by atoms with E-state index < -0.39 is 0 Å². The molecule has 0 bridgehead atoms. The molecule has 2 rings (SSSR count). The number of hydrogen-bond donors (Lipinski definition) is 0. The molecular weight excluding hydrogens is 162 g/mol. The molecular formula is C7H5NS2. The van der Waals surface area contributed by atoms with Crippen LogP contribution in [0.1, 0.15) is 0 Å². The van der Waals surface area contributed by atoms with Gasteiger partial charge in [0.1, 0.15) is 0 Å². The predicted octanol–water partition coefficient (Wildman–Crippen LogP) is 2.87. The van der Waals surface area contributed by atoms with Crippen LogP contribution >= 0.6 is 22.7 Å². The first-order valence-electron chi connectivity index (χ1n) is 2.88. The first-order chi connectivity index (χ1) is 4.97. The molecule has 0 fully saturated rings. The van der Waals surface area contributed by atoms with Crippen molar-refractivity contribution in [3.8, 4) is 10.4 Å². The zero-order valence-corrected chi connectivity index (χ0v) is 6.78. The average molecular weight is 167 g/mol. The molecule has 2 aromatic rings.